The highest BCUT2D eigenvalue weighted by molar-refractivity contribution is 8.93. The molecule has 0 aromatic carbocycles. The summed E-state index contributed by atoms with van der Waals surface area (Å²) >= 11 is 5.22. The van der Waals surface area contributed by atoms with Crippen molar-refractivity contribution in [2.24, 2.45) is 5.73 Å². The molecule has 1 nitrogen and oxygen atoms in total. The van der Waals surface area contributed by atoms with Gasteiger partial charge in [-0.15, -0.1) is 28.6 Å². The number of alkyl halides is 1. The molecule has 0 bridgehead atoms. The van der Waals surface area contributed by atoms with Crippen LogP contribution >= 0.6 is 28.6 Å². The van der Waals surface area contributed by atoms with E-state index in [-0.39, 0.29) is 17.0 Å². The maximum absolute atomic E-state index is 5.22. The smallest absolute Gasteiger partial charge is 0.0235 e. The molecule has 0 heterocycles. The maximum atomic E-state index is 5.22. The van der Waals surface area contributed by atoms with Crippen molar-refractivity contribution in [3.8, 4) is 0 Å². The summed E-state index contributed by atoms with van der Waals surface area (Å²) in [6.45, 7) is 0.712. The first-order valence-electron chi connectivity index (χ1n) is 1.68. The van der Waals surface area contributed by atoms with Crippen molar-refractivity contribution in [1.82, 2.24) is 0 Å². The minimum atomic E-state index is 0. The second-order valence-electron chi connectivity index (χ2n) is 0.831. The summed E-state index contributed by atoms with van der Waals surface area (Å²) in [7, 11) is 0. The summed E-state index contributed by atoms with van der Waals surface area (Å²) in [4.78, 5) is 0. The first kappa shape index (κ1) is 9.88. The maximum Gasteiger partial charge on any atom is 0.0235 e. The normalized spacial score (nSPS) is 7.00. The van der Waals surface area contributed by atoms with Crippen LogP contribution in [0.1, 0.15) is 6.42 Å². The Morgan fingerprint density at radius 2 is 2.00 bits per heavy atom. The van der Waals surface area contributed by atoms with Gasteiger partial charge in [-0.2, -0.15) is 0 Å². The molecule has 0 aliphatic rings. The summed E-state index contributed by atoms with van der Waals surface area (Å²) in [5.41, 5.74) is 5.05. The lowest BCUT2D eigenvalue weighted by Gasteiger charge is -1.78. The van der Waals surface area contributed by atoms with Crippen molar-refractivity contribution >= 4 is 28.6 Å². The first-order valence-corrected chi connectivity index (χ1v) is 2.21. The highest BCUT2D eigenvalue weighted by atomic mass is 79.9. The fourth-order valence-electron chi connectivity index (χ4n) is 0.0772. The molecule has 0 radical (unpaired) electrons. The van der Waals surface area contributed by atoms with Crippen LogP contribution in [0, 0.1) is 0 Å². The van der Waals surface area contributed by atoms with Gasteiger partial charge in [0, 0.05) is 5.88 Å². The molecule has 0 saturated carbocycles. The van der Waals surface area contributed by atoms with Crippen LogP contribution in [0.25, 0.3) is 0 Å². The zero-order valence-corrected chi connectivity index (χ0v) is 5.95. The van der Waals surface area contributed by atoms with Crippen molar-refractivity contribution in [2.45, 2.75) is 6.42 Å². The third-order valence-corrected chi connectivity index (χ3v) is 0.605. The van der Waals surface area contributed by atoms with E-state index >= 15 is 0 Å². The predicted molar refractivity (Wildman–Crippen MR) is 34.7 cm³/mol. The van der Waals surface area contributed by atoms with Crippen LogP contribution in [0.2, 0.25) is 0 Å². The molecule has 6 heavy (non-hydrogen) atoms. The molecule has 0 atom stereocenters. The molecule has 0 rings (SSSR count). The number of halogens is 2. The Morgan fingerprint density at radius 1 is 1.50 bits per heavy atom. The Labute approximate surface area is 53.6 Å². The van der Waals surface area contributed by atoms with Crippen LogP contribution in [-0.4, -0.2) is 12.4 Å². The molecule has 0 aromatic heterocycles. The van der Waals surface area contributed by atoms with Crippen LogP contribution in [0.5, 0.6) is 0 Å². The first-order chi connectivity index (χ1) is 2.41. The molecule has 0 aliphatic heterocycles. The molecule has 3 heteroatoms. The summed E-state index contributed by atoms with van der Waals surface area (Å²) in [6, 6.07) is 0. The lowest BCUT2D eigenvalue weighted by atomic mass is 10.5. The van der Waals surface area contributed by atoms with Crippen molar-refractivity contribution in [1.29, 1.82) is 0 Å². The van der Waals surface area contributed by atoms with E-state index in [0.29, 0.717) is 12.4 Å². The molecular formula is C3H9BrClN. The van der Waals surface area contributed by atoms with Gasteiger partial charge in [0.1, 0.15) is 0 Å². The van der Waals surface area contributed by atoms with Gasteiger partial charge in [0.25, 0.3) is 0 Å². The topological polar surface area (TPSA) is 26.0 Å². The largest absolute Gasteiger partial charge is 0.330 e. The summed E-state index contributed by atoms with van der Waals surface area (Å²) < 4.78 is 0. The van der Waals surface area contributed by atoms with E-state index in [4.69, 9.17) is 17.3 Å². The molecule has 0 amide bonds. The van der Waals surface area contributed by atoms with Gasteiger partial charge in [0.05, 0.1) is 0 Å². The van der Waals surface area contributed by atoms with Crippen molar-refractivity contribution < 1.29 is 0 Å². The summed E-state index contributed by atoms with van der Waals surface area (Å²) in [5, 5.41) is 0. The number of rotatable bonds is 2. The van der Waals surface area contributed by atoms with Crippen LogP contribution < -0.4 is 5.73 Å². The monoisotopic (exact) mass is 173 g/mol. The molecule has 0 unspecified atom stereocenters. The summed E-state index contributed by atoms with van der Waals surface area (Å²) in [5.74, 6) is 0.691. The second-order valence-corrected chi connectivity index (χ2v) is 1.21. The third-order valence-electron chi connectivity index (χ3n) is 0.338. The van der Waals surface area contributed by atoms with Crippen molar-refractivity contribution in [2.75, 3.05) is 12.4 Å². The lowest BCUT2D eigenvalue weighted by Crippen LogP contribution is -1.97. The van der Waals surface area contributed by atoms with E-state index in [9.17, 15) is 0 Å². The molecule has 0 saturated heterocycles. The Hall–Kier alpha value is 0.730. The fraction of sp³-hybridized carbons (Fsp3) is 1.00. The van der Waals surface area contributed by atoms with Gasteiger partial charge in [0.2, 0.25) is 0 Å². The zero-order valence-electron chi connectivity index (χ0n) is 3.48. The van der Waals surface area contributed by atoms with Crippen LogP contribution in [0.3, 0.4) is 0 Å². The minimum Gasteiger partial charge on any atom is -0.330 e. The minimum absolute atomic E-state index is 0. The van der Waals surface area contributed by atoms with Crippen LogP contribution in [-0.2, 0) is 0 Å². The standard InChI is InChI=1S/C3H8ClN.BrH/c4-2-1-3-5;/h1-3,5H2;1H. The van der Waals surface area contributed by atoms with E-state index in [1.807, 2.05) is 0 Å². The quantitative estimate of drug-likeness (QED) is 0.625. The van der Waals surface area contributed by atoms with E-state index < -0.39 is 0 Å². The van der Waals surface area contributed by atoms with Crippen molar-refractivity contribution in [3.05, 3.63) is 0 Å². The average molecular weight is 174 g/mol. The van der Waals surface area contributed by atoms with Gasteiger partial charge < -0.3 is 5.73 Å². The summed E-state index contributed by atoms with van der Waals surface area (Å²) in [6.07, 6.45) is 0.932. The van der Waals surface area contributed by atoms with E-state index in [0.717, 1.165) is 6.42 Å². The van der Waals surface area contributed by atoms with Gasteiger partial charge in [-0.25, -0.2) is 0 Å². The second kappa shape index (κ2) is 9.21. The van der Waals surface area contributed by atoms with E-state index in [2.05, 4.69) is 0 Å². The molecule has 0 spiro atoms. The number of hydrogen-bond acceptors (Lipinski definition) is 1. The van der Waals surface area contributed by atoms with Crippen LogP contribution in [0.4, 0.5) is 0 Å². The number of nitrogens with two attached hydrogens (primary N) is 1. The fourth-order valence-corrected chi connectivity index (χ4v) is 0.231. The van der Waals surface area contributed by atoms with Gasteiger partial charge in [0.15, 0.2) is 0 Å². The van der Waals surface area contributed by atoms with Crippen molar-refractivity contribution in [3.63, 3.8) is 0 Å². The molecular weight excluding hydrogens is 165 g/mol. The molecule has 0 aliphatic carbocycles. The molecule has 0 fully saturated rings. The molecule has 0 aromatic rings. The van der Waals surface area contributed by atoms with Gasteiger partial charge >= 0.3 is 0 Å². The third kappa shape index (κ3) is 8.83. The van der Waals surface area contributed by atoms with Crippen LogP contribution in [0.15, 0.2) is 0 Å². The lowest BCUT2D eigenvalue weighted by molar-refractivity contribution is 0.939. The zero-order chi connectivity index (χ0) is 4.12. The van der Waals surface area contributed by atoms with Gasteiger partial charge in [-0.05, 0) is 13.0 Å². The SMILES string of the molecule is Br.NCCCCl. The predicted octanol–water partition coefficient (Wildman–Crippen LogP) is 1.15. The Balaban J connectivity index is 0. The van der Waals surface area contributed by atoms with Gasteiger partial charge in [-0.1, -0.05) is 0 Å². The Morgan fingerprint density at radius 3 is 2.00 bits per heavy atom. The Bertz CT molecular complexity index is 18.3. The van der Waals surface area contributed by atoms with E-state index in [1.54, 1.807) is 0 Å². The molecule has 40 valence electrons. The number of hydrogen-bond donors (Lipinski definition) is 1. The van der Waals surface area contributed by atoms with Gasteiger partial charge in [-0.3, -0.25) is 0 Å². The molecule has 2 N–H and O–H groups in total. The van der Waals surface area contributed by atoms with E-state index in [1.165, 1.54) is 0 Å². The average Bonchev–Trinajstić information content (AvgIpc) is 1.41. The highest BCUT2D eigenvalue weighted by Gasteiger charge is 1.70. The Kier molecular flexibility index (Phi) is 15.2. The highest BCUT2D eigenvalue weighted by Crippen LogP contribution is 1.76.